The van der Waals surface area contributed by atoms with Crippen LogP contribution in [0.2, 0.25) is 0 Å². The van der Waals surface area contributed by atoms with Crippen molar-refractivity contribution < 1.29 is 0 Å². The van der Waals surface area contributed by atoms with Gasteiger partial charge >= 0.3 is 0 Å². The molecule has 0 aliphatic carbocycles. The molecule has 0 aromatic carbocycles. The van der Waals surface area contributed by atoms with Crippen LogP contribution >= 0.6 is 11.8 Å². The number of hydrogen-bond acceptors (Lipinski definition) is 2. The summed E-state index contributed by atoms with van der Waals surface area (Å²) in [5.41, 5.74) is 0. The van der Waals surface area contributed by atoms with E-state index in [1.807, 2.05) is 17.8 Å². The van der Waals surface area contributed by atoms with Gasteiger partial charge in [-0.25, -0.2) is 0 Å². The number of thioether (sulfide) groups is 1. The van der Waals surface area contributed by atoms with E-state index in [0.29, 0.717) is 12.1 Å². The molecule has 2 unspecified atom stereocenters. The monoisotopic (exact) mass is 201 g/mol. The largest absolute Gasteiger partial charge is 0.312 e. The lowest BCUT2D eigenvalue weighted by molar-refractivity contribution is 0.442. The highest BCUT2D eigenvalue weighted by molar-refractivity contribution is 7.98. The molecule has 0 radical (unpaired) electrons. The summed E-state index contributed by atoms with van der Waals surface area (Å²) in [6.45, 7) is 8.24. The van der Waals surface area contributed by atoms with E-state index in [1.54, 1.807) is 0 Å². The summed E-state index contributed by atoms with van der Waals surface area (Å²) < 4.78 is 0. The summed E-state index contributed by atoms with van der Waals surface area (Å²) in [6.07, 6.45) is 7.73. The molecule has 2 atom stereocenters. The highest BCUT2D eigenvalue weighted by atomic mass is 32.2. The van der Waals surface area contributed by atoms with Crippen molar-refractivity contribution in [1.29, 1.82) is 0 Å². The van der Waals surface area contributed by atoms with E-state index < -0.39 is 0 Å². The Kier molecular flexibility index (Phi) is 8.67. The van der Waals surface area contributed by atoms with Crippen LogP contribution in [-0.4, -0.2) is 24.1 Å². The summed E-state index contributed by atoms with van der Waals surface area (Å²) in [5.74, 6) is 1.25. The second kappa shape index (κ2) is 8.64. The molecule has 1 N–H and O–H groups in total. The highest BCUT2D eigenvalue weighted by Gasteiger charge is 2.05. The van der Waals surface area contributed by atoms with Crippen LogP contribution in [0.5, 0.6) is 0 Å². The maximum absolute atomic E-state index is 3.73. The molecule has 0 rings (SSSR count). The molecule has 0 fully saturated rings. The predicted molar refractivity (Wildman–Crippen MR) is 64.5 cm³/mol. The molecule has 78 valence electrons. The molecule has 0 saturated carbocycles. The average Bonchev–Trinajstić information content (AvgIpc) is 2.11. The molecule has 0 amide bonds. The van der Waals surface area contributed by atoms with Gasteiger partial charge < -0.3 is 5.32 Å². The minimum atomic E-state index is 0.620. The van der Waals surface area contributed by atoms with Crippen molar-refractivity contribution in [3.8, 4) is 0 Å². The third-order valence-electron chi connectivity index (χ3n) is 2.13. The maximum atomic E-state index is 3.73. The van der Waals surface area contributed by atoms with Gasteiger partial charge in [0.25, 0.3) is 0 Å². The van der Waals surface area contributed by atoms with E-state index in [2.05, 4.69) is 32.0 Å². The third kappa shape index (κ3) is 8.38. The van der Waals surface area contributed by atoms with Crippen LogP contribution in [0.15, 0.2) is 12.7 Å². The number of rotatable bonds is 8. The summed E-state index contributed by atoms with van der Waals surface area (Å²) in [7, 11) is 0. The van der Waals surface area contributed by atoms with Crippen molar-refractivity contribution in [3.05, 3.63) is 12.7 Å². The average molecular weight is 201 g/mol. The zero-order chi connectivity index (χ0) is 10.1. The van der Waals surface area contributed by atoms with Crippen LogP contribution in [0.25, 0.3) is 0 Å². The van der Waals surface area contributed by atoms with Crippen LogP contribution < -0.4 is 5.32 Å². The van der Waals surface area contributed by atoms with E-state index in [1.165, 1.54) is 18.6 Å². The fourth-order valence-electron chi connectivity index (χ4n) is 1.31. The van der Waals surface area contributed by atoms with Crippen molar-refractivity contribution in [1.82, 2.24) is 5.32 Å². The highest BCUT2D eigenvalue weighted by Crippen LogP contribution is 2.03. The molecule has 0 aromatic heterocycles. The van der Waals surface area contributed by atoms with Gasteiger partial charge in [-0.2, -0.15) is 11.8 Å². The van der Waals surface area contributed by atoms with Crippen molar-refractivity contribution in [2.45, 2.75) is 45.2 Å². The minimum absolute atomic E-state index is 0.620. The first-order chi connectivity index (χ1) is 6.20. The van der Waals surface area contributed by atoms with Crippen LogP contribution in [0.1, 0.15) is 33.1 Å². The Balaban J connectivity index is 3.40. The van der Waals surface area contributed by atoms with Gasteiger partial charge in [-0.3, -0.25) is 0 Å². The Morgan fingerprint density at radius 2 is 1.92 bits per heavy atom. The lowest BCUT2D eigenvalue weighted by Crippen LogP contribution is -2.34. The fourth-order valence-corrected chi connectivity index (χ4v) is 1.90. The van der Waals surface area contributed by atoms with E-state index in [0.717, 1.165) is 6.42 Å². The van der Waals surface area contributed by atoms with Crippen LogP contribution in [-0.2, 0) is 0 Å². The predicted octanol–water partition coefficient (Wildman–Crippen LogP) is 3.07. The molecular formula is C11H23NS. The van der Waals surface area contributed by atoms with Gasteiger partial charge in [-0.05, 0) is 45.1 Å². The van der Waals surface area contributed by atoms with Gasteiger partial charge in [0.2, 0.25) is 0 Å². The summed E-state index contributed by atoms with van der Waals surface area (Å²) in [5, 5.41) is 3.59. The minimum Gasteiger partial charge on any atom is -0.312 e. The Labute approximate surface area is 87.4 Å². The SMILES string of the molecule is C=CCCC(C)NC(C)CCSC. The lowest BCUT2D eigenvalue weighted by Gasteiger charge is -2.19. The second-order valence-electron chi connectivity index (χ2n) is 3.62. The number of allylic oxidation sites excluding steroid dienone is 1. The van der Waals surface area contributed by atoms with Gasteiger partial charge in [0.05, 0.1) is 0 Å². The molecule has 0 aliphatic heterocycles. The van der Waals surface area contributed by atoms with Crippen molar-refractivity contribution in [3.63, 3.8) is 0 Å². The third-order valence-corrected chi connectivity index (χ3v) is 2.77. The summed E-state index contributed by atoms with van der Waals surface area (Å²) in [4.78, 5) is 0. The van der Waals surface area contributed by atoms with Gasteiger partial charge in [0.15, 0.2) is 0 Å². The van der Waals surface area contributed by atoms with Gasteiger partial charge in [0, 0.05) is 12.1 Å². The van der Waals surface area contributed by atoms with Crippen LogP contribution in [0.3, 0.4) is 0 Å². The second-order valence-corrected chi connectivity index (χ2v) is 4.60. The zero-order valence-corrected chi connectivity index (χ0v) is 9.99. The van der Waals surface area contributed by atoms with Crippen molar-refractivity contribution in [2.75, 3.05) is 12.0 Å². The smallest absolute Gasteiger partial charge is 0.00490 e. The topological polar surface area (TPSA) is 12.0 Å². The maximum Gasteiger partial charge on any atom is 0.00490 e. The van der Waals surface area contributed by atoms with Gasteiger partial charge in [-0.15, -0.1) is 6.58 Å². The van der Waals surface area contributed by atoms with Gasteiger partial charge in [-0.1, -0.05) is 6.08 Å². The van der Waals surface area contributed by atoms with Crippen molar-refractivity contribution >= 4 is 11.8 Å². The van der Waals surface area contributed by atoms with Crippen molar-refractivity contribution in [2.24, 2.45) is 0 Å². The van der Waals surface area contributed by atoms with E-state index >= 15 is 0 Å². The Morgan fingerprint density at radius 1 is 1.31 bits per heavy atom. The summed E-state index contributed by atoms with van der Waals surface area (Å²) >= 11 is 1.92. The molecule has 2 heteroatoms. The van der Waals surface area contributed by atoms with E-state index in [9.17, 15) is 0 Å². The number of nitrogens with one attached hydrogen (secondary N) is 1. The molecule has 0 saturated heterocycles. The molecule has 0 aromatic rings. The first-order valence-electron chi connectivity index (χ1n) is 5.06. The summed E-state index contributed by atoms with van der Waals surface area (Å²) in [6, 6.07) is 1.27. The first-order valence-corrected chi connectivity index (χ1v) is 6.46. The molecule has 0 spiro atoms. The Bertz CT molecular complexity index is 125. The molecule has 0 heterocycles. The van der Waals surface area contributed by atoms with Crippen LogP contribution in [0, 0.1) is 0 Å². The normalized spacial score (nSPS) is 15.3. The first kappa shape index (κ1) is 13.1. The zero-order valence-electron chi connectivity index (χ0n) is 9.18. The lowest BCUT2D eigenvalue weighted by atomic mass is 10.1. The van der Waals surface area contributed by atoms with E-state index in [4.69, 9.17) is 0 Å². The molecule has 0 bridgehead atoms. The molecule has 13 heavy (non-hydrogen) atoms. The van der Waals surface area contributed by atoms with Gasteiger partial charge in [0.1, 0.15) is 0 Å². The van der Waals surface area contributed by atoms with Crippen LogP contribution in [0.4, 0.5) is 0 Å². The molecule has 0 aliphatic rings. The fraction of sp³-hybridized carbons (Fsp3) is 0.818. The molecular weight excluding hydrogens is 178 g/mol. The van der Waals surface area contributed by atoms with E-state index in [-0.39, 0.29) is 0 Å². The quantitative estimate of drug-likeness (QED) is 0.606. The number of hydrogen-bond donors (Lipinski definition) is 1. The molecule has 1 nitrogen and oxygen atoms in total. The Hall–Kier alpha value is 0.0500. The standard InChI is InChI=1S/C11H23NS/c1-5-6-7-10(2)12-11(3)8-9-13-4/h5,10-12H,1,6-9H2,2-4H3. The Morgan fingerprint density at radius 3 is 2.46 bits per heavy atom.